The lowest BCUT2D eigenvalue weighted by Crippen LogP contribution is -2.49. The van der Waals surface area contributed by atoms with Crippen LogP contribution in [0.2, 0.25) is 0 Å². The number of hydrogen-bond acceptors (Lipinski definition) is 3. The van der Waals surface area contributed by atoms with E-state index in [0.29, 0.717) is 31.8 Å². The summed E-state index contributed by atoms with van der Waals surface area (Å²) in [6.07, 6.45) is 2.25. The Morgan fingerprint density at radius 3 is 2.75 bits per heavy atom. The Morgan fingerprint density at radius 2 is 2.31 bits per heavy atom. The number of rotatable bonds is 2. The first kappa shape index (κ1) is 11.4. The first-order valence-corrected chi connectivity index (χ1v) is 5.93. The summed E-state index contributed by atoms with van der Waals surface area (Å²) in [6, 6.07) is 2.20. The van der Waals surface area contributed by atoms with Gasteiger partial charge >= 0.3 is 0 Å². The molecular weight excluding hydrogens is 204 g/mol. The zero-order valence-corrected chi connectivity index (χ0v) is 9.65. The zero-order chi connectivity index (χ0) is 11.8. The Hall–Kier alpha value is -1.08. The number of nitriles is 1. The van der Waals surface area contributed by atoms with Crippen LogP contribution in [0.1, 0.15) is 26.2 Å². The average molecular weight is 222 g/mol. The van der Waals surface area contributed by atoms with E-state index in [1.165, 1.54) is 0 Å². The van der Waals surface area contributed by atoms with Gasteiger partial charge in [-0.25, -0.2) is 0 Å². The van der Waals surface area contributed by atoms with Crippen LogP contribution < -0.4 is 0 Å². The van der Waals surface area contributed by atoms with E-state index >= 15 is 0 Å². The van der Waals surface area contributed by atoms with E-state index in [4.69, 9.17) is 10.4 Å². The summed E-state index contributed by atoms with van der Waals surface area (Å²) in [5.41, 5.74) is -0.746. The number of hydrogen-bond donors (Lipinski definition) is 1. The summed E-state index contributed by atoms with van der Waals surface area (Å²) in [5, 5.41) is 18.2. The normalized spacial score (nSPS) is 37.9. The van der Waals surface area contributed by atoms with Gasteiger partial charge in [-0.2, -0.15) is 5.26 Å². The lowest BCUT2D eigenvalue weighted by Gasteiger charge is -2.41. The number of aliphatic hydroxyl groups excluding tert-OH is 1. The van der Waals surface area contributed by atoms with Gasteiger partial charge in [0.1, 0.15) is 5.41 Å². The van der Waals surface area contributed by atoms with Crippen LogP contribution >= 0.6 is 0 Å². The van der Waals surface area contributed by atoms with Crippen molar-refractivity contribution in [3.63, 3.8) is 0 Å². The van der Waals surface area contributed by atoms with Gasteiger partial charge in [0.25, 0.3) is 0 Å². The van der Waals surface area contributed by atoms with Crippen LogP contribution in [0, 0.1) is 28.6 Å². The predicted octanol–water partition coefficient (Wildman–Crippen LogP) is 0.767. The highest BCUT2D eigenvalue weighted by Crippen LogP contribution is 2.46. The minimum Gasteiger partial charge on any atom is -0.396 e. The van der Waals surface area contributed by atoms with Gasteiger partial charge in [0.2, 0.25) is 5.91 Å². The fourth-order valence-electron chi connectivity index (χ4n) is 2.91. The Balaban J connectivity index is 2.01. The van der Waals surface area contributed by atoms with Crippen LogP contribution in [0.25, 0.3) is 0 Å². The number of carbonyl (C=O) groups excluding carboxylic acids is 1. The number of aliphatic hydroxyl groups is 1. The summed E-state index contributed by atoms with van der Waals surface area (Å²) < 4.78 is 0. The highest BCUT2D eigenvalue weighted by molar-refractivity contribution is 5.86. The molecule has 4 heteroatoms. The van der Waals surface area contributed by atoms with Crippen LogP contribution in [-0.2, 0) is 4.79 Å². The lowest BCUT2D eigenvalue weighted by molar-refractivity contribution is -0.144. The minimum atomic E-state index is -0.746. The third-order valence-electron chi connectivity index (χ3n) is 3.85. The van der Waals surface area contributed by atoms with Gasteiger partial charge in [0, 0.05) is 25.6 Å². The topological polar surface area (TPSA) is 64.3 Å². The maximum absolute atomic E-state index is 12.2. The van der Waals surface area contributed by atoms with Gasteiger partial charge in [0.15, 0.2) is 0 Å². The van der Waals surface area contributed by atoms with Crippen molar-refractivity contribution in [3.05, 3.63) is 0 Å². The van der Waals surface area contributed by atoms with Crippen LogP contribution in [0.15, 0.2) is 0 Å². The maximum Gasteiger partial charge on any atom is 0.243 e. The van der Waals surface area contributed by atoms with E-state index in [2.05, 4.69) is 13.0 Å². The van der Waals surface area contributed by atoms with Crippen molar-refractivity contribution in [2.75, 3.05) is 19.7 Å². The molecule has 1 amide bonds. The highest BCUT2D eigenvalue weighted by Gasteiger charge is 2.51. The highest BCUT2D eigenvalue weighted by atomic mass is 16.3. The Bertz CT molecular complexity index is 328. The molecule has 1 unspecified atom stereocenters. The van der Waals surface area contributed by atoms with Crippen LogP contribution in [-0.4, -0.2) is 35.6 Å². The summed E-state index contributed by atoms with van der Waals surface area (Å²) >= 11 is 0. The van der Waals surface area contributed by atoms with Crippen LogP contribution in [0.4, 0.5) is 0 Å². The van der Waals surface area contributed by atoms with E-state index in [1.54, 1.807) is 4.90 Å². The van der Waals surface area contributed by atoms with E-state index in [9.17, 15) is 4.79 Å². The summed E-state index contributed by atoms with van der Waals surface area (Å²) in [5.74, 6) is 0.682. The summed E-state index contributed by atoms with van der Waals surface area (Å²) in [4.78, 5) is 14.0. The first-order chi connectivity index (χ1) is 7.61. The Kier molecular flexibility index (Phi) is 2.90. The molecule has 0 aromatic carbocycles. The molecule has 1 heterocycles. The van der Waals surface area contributed by atoms with Crippen molar-refractivity contribution in [3.8, 4) is 6.07 Å². The molecule has 88 valence electrons. The molecule has 0 radical (unpaired) electrons. The lowest BCUT2D eigenvalue weighted by atomic mass is 9.63. The molecule has 1 aliphatic heterocycles. The largest absolute Gasteiger partial charge is 0.396 e. The molecule has 2 rings (SSSR count). The zero-order valence-electron chi connectivity index (χ0n) is 9.65. The third-order valence-corrected chi connectivity index (χ3v) is 3.85. The monoisotopic (exact) mass is 222 g/mol. The molecule has 1 N–H and O–H groups in total. The number of carbonyl (C=O) groups is 1. The minimum absolute atomic E-state index is 0.0101. The van der Waals surface area contributed by atoms with E-state index in [0.717, 1.165) is 6.42 Å². The average Bonchev–Trinajstić information content (AvgIpc) is 2.72. The maximum atomic E-state index is 12.2. The van der Waals surface area contributed by atoms with Crippen LogP contribution in [0.5, 0.6) is 0 Å². The molecule has 2 aliphatic rings. The summed E-state index contributed by atoms with van der Waals surface area (Å²) in [7, 11) is 0. The molecule has 0 aromatic heterocycles. The molecule has 0 spiro atoms. The van der Waals surface area contributed by atoms with Crippen molar-refractivity contribution in [1.82, 2.24) is 4.90 Å². The molecule has 1 aliphatic carbocycles. The van der Waals surface area contributed by atoms with Crippen molar-refractivity contribution < 1.29 is 9.90 Å². The first-order valence-electron chi connectivity index (χ1n) is 5.93. The third kappa shape index (κ3) is 1.69. The summed E-state index contributed by atoms with van der Waals surface area (Å²) in [6.45, 7) is 3.53. The Morgan fingerprint density at radius 1 is 1.62 bits per heavy atom. The quantitative estimate of drug-likeness (QED) is 0.750. The second kappa shape index (κ2) is 4.06. The van der Waals surface area contributed by atoms with E-state index in [-0.39, 0.29) is 18.4 Å². The van der Waals surface area contributed by atoms with Gasteiger partial charge in [-0.1, -0.05) is 6.92 Å². The molecule has 0 aromatic rings. The predicted molar refractivity (Wildman–Crippen MR) is 58.2 cm³/mol. The van der Waals surface area contributed by atoms with Gasteiger partial charge in [-0.05, 0) is 25.2 Å². The molecule has 2 fully saturated rings. The number of amides is 1. The van der Waals surface area contributed by atoms with Gasteiger partial charge in [0.05, 0.1) is 6.07 Å². The smallest absolute Gasteiger partial charge is 0.243 e. The van der Waals surface area contributed by atoms with E-state index < -0.39 is 5.41 Å². The van der Waals surface area contributed by atoms with Gasteiger partial charge in [-0.15, -0.1) is 0 Å². The van der Waals surface area contributed by atoms with Crippen molar-refractivity contribution in [2.24, 2.45) is 17.3 Å². The second-order valence-electron chi connectivity index (χ2n) is 5.30. The fraction of sp³-hybridized carbons (Fsp3) is 0.833. The second-order valence-corrected chi connectivity index (χ2v) is 5.30. The molecule has 0 bridgehead atoms. The van der Waals surface area contributed by atoms with E-state index in [1.807, 2.05) is 0 Å². The van der Waals surface area contributed by atoms with Crippen molar-refractivity contribution in [1.29, 1.82) is 5.26 Å². The SMILES string of the molecule is CC1CC(C#N)(C(=O)N2CCC(CO)C2)C1. The molecule has 16 heavy (non-hydrogen) atoms. The molecule has 1 saturated heterocycles. The van der Waals surface area contributed by atoms with Crippen molar-refractivity contribution in [2.45, 2.75) is 26.2 Å². The van der Waals surface area contributed by atoms with Crippen LogP contribution in [0.3, 0.4) is 0 Å². The number of nitrogens with zero attached hydrogens (tertiary/aromatic N) is 2. The van der Waals surface area contributed by atoms with Gasteiger partial charge < -0.3 is 10.0 Å². The van der Waals surface area contributed by atoms with Gasteiger partial charge in [-0.3, -0.25) is 4.79 Å². The number of likely N-dealkylation sites (tertiary alicyclic amines) is 1. The van der Waals surface area contributed by atoms with Crippen molar-refractivity contribution >= 4 is 5.91 Å². The Labute approximate surface area is 95.9 Å². The fourth-order valence-corrected chi connectivity index (χ4v) is 2.91. The molecular formula is C12H18N2O2. The standard InChI is InChI=1S/C12H18N2O2/c1-9-4-12(5-9,8-13)11(16)14-3-2-10(6-14)7-15/h9-10,15H,2-7H2,1H3. The molecule has 1 saturated carbocycles. The molecule has 4 nitrogen and oxygen atoms in total. The molecule has 1 atom stereocenters.